The Hall–Kier alpha value is -2.46. The summed E-state index contributed by atoms with van der Waals surface area (Å²) in [5, 5.41) is 5.46. The summed E-state index contributed by atoms with van der Waals surface area (Å²) in [4.78, 5) is 38.9. The molecule has 180 valence electrons. The molecule has 2 N–H and O–H groups in total. The van der Waals surface area contributed by atoms with Crippen molar-refractivity contribution >= 4 is 27.7 Å². The fourth-order valence-corrected chi connectivity index (χ4v) is 6.50. The van der Waals surface area contributed by atoms with E-state index >= 15 is 0 Å². The Kier molecular flexibility index (Phi) is 6.03. The van der Waals surface area contributed by atoms with Gasteiger partial charge in [0.2, 0.25) is 15.9 Å². The topological polar surface area (TPSA) is 116 Å². The van der Waals surface area contributed by atoms with Crippen molar-refractivity contribution in [2.75, 3.05) is 26.2 Å². The molecule has 0 radical (unpaired) electrons. The second-order valence-electron chi connectivity index (χ2n) is 10.2. The van der Waals surface area contributed by atoms with Crippen molar-refractivity contribution in [2.45, 2.75) is 62.9 Å². The van der Waals surface area contributed by atoms with Crippen LogP contribution in [0.1, 0.15) is 45.6 Å². The van der Waals surface area contributed by atoms with Gasteiger partial charge in [0.25, 0.3) is 0 Å². The first-order chi connectivity index (χ1) is 15.4. The van der Waals surface area contributed by atoms with E-state index in [0.29, 0.717) is 37.2 Å². The number of urea groups is 1. The Morgan fingerprint density at radius 1 is 1.18 bits per heavy atom. The van der Waals surface area contributed by atoms with E-state index in [0.717, 1.165) is 12.0 Å². The number of ketones is 1. The van der Waals surface area contributed by atoms with Crippen LogP contribution in [0.25, 0.3) is 0 Å². The zero-order valence-corrected chi connectivity index (χ0v) is 20.2. The highest BCUT2D eigenvalue weighted by Crippen LogP contribution is 2.45. The van der Waals surface area contributed by atoms with Crippen LogP contribution < -0.4 is 10.6 Å². The van der Waals surface area contributed by atoms with Crippen LogP contribution in [-0.2, 0) is 26.0 Å². The first kappa shape index (κ1) is 23.7. The van der Waals surface area contributed by atoms with E-state index in [1.807, 2.05) is 32.9 Å². The minimum atomic E-state index is -3.65. The highest BCUT2D eigenvalue weighted by atomic mass is 32.2. The summed E-state index contributed by atoms with van der Waals surface area (Å²) in [5.74, 6) is -0.175. The minimum absolute atomic E-state index is 0.0925. The molecule has 2 unspecified atom stereocenters. The number of fused-ring (bicyclic) bond motifs is 1. The third kappa shape index (κ3) is 4.50. The molecule has 0 bridgehead atoms. The predicted octanol–water partition coefficient (Wildman–Crippen LogP) is 1.28. The lowest BCUT2D eigenvalue weighted by atomic mass is 9.86. The molecule has 33 heavy (non-hydrogen) atoms. The Labute approximate surface area is 194 Å². The number of nitrogens with one attached hydrogen (secondary N) is 2. The molecule has 0 aromatic heterocycles. The molecule has 1 aromatic carbocycles. The van der Waals surface area contributed by atoms with Crippen molar-refractivity contribution < 1.29 is 22.8 Å². The zero-order chi connectivity index (χ0) is 24.0. The van der Waals surface area contributed by atoms with E-state index in [4.69, 9.17) is 0 Å². The van der Waals surface area contributed by atoms with Crippen molar-refractivity contribution in [1.29, 1.82) is 0 Å². The molecule has 2 aliphatic heterocycles. The molecule has 2 heterocycles. The van der Waals surface area contributed by atoms with Crippen LogP contribution in [0.3, 0.4) is 0 Å². The largest absolute Gasteiger partial charge is 0.334 e. The number of Topliss-reactive ketones (excluding diaryl/α,β-unsaturated/α-hetero) is 1. The zero-order valence-electron chi connectivity index (χ0n) is 19.4. The predicted molar refractivity (Wildman–Crippen MR) is 122 cm³/mol. The van der Waals surface area contributed by atoms with E-state index in [1.54, 1.807) is 17.0 Å². The summed E-state index contributed by atoms with van der Waals surface area (Å²) in [6, 6.07) is 5.98. The molecule has 3 amide bonds. The lowest BCUT2D eigenvalue weighted by molar-refractivity contribution is -0.133. The molecule has 1 saturated carbocycles. The van der Waals surface area contributed by atoms with Gasteiger partial charge in [-0.3, -0.25) is 9.59 Å². The molecule has 1 aliphatic carbocycles. The van der Waals surface area contributed by atoms with Gasteiger partial charge >= 0.3 is 6.03 Å². The number of benzene rings is 1. The fourth-order valence-electron chi connectivity index (χ4n) is 4.79. The highest BCUT2D eigenvalue weighted by Gasteiger charge is 2.61. The molecular weight excluding hydrogens is 444 g/mol. The van der Waals surface area contributed by atoms with Crippen molar-refractivity contribution in [1.82, 2.24) is 19.8 Å². The van der Waals surface area contributed by atoms with Gasteiger partial charge in [0.1, 0.15) is 5.54 Å². The van der Waals surface area contributed by atoms with Gasteiger partial charge in [-0.2, -0.15) is 4.31 Å². The van der Waals surface area contributed by atoms with Gasteiger partial charge in [-0.25, -0.2) is 13.2 Å². The molecule has 9 nitrogen and oxygen atoms in total. The number of likely N-dealkylation sites (tertiary alicyclic amines) is 1. The highest BCUT2D eigenvalue weighted by molar-refractivity contribution is 7.89. The summed E-state index contributed by atoms with van der Waals surface area (Å²) in [5.41, 5.74) is -0.242. The molecular formula is C23H32N4O5S. The van der Waals surface area contributed by atoms with Crippen LogP contribution >= 0.6 is 0 Å². The van der Waals surface area contributed by atoms with Crippen LogP contribution in [0.4, 0.5) is 4.79 Å². The van der Waals surface area contributed by atoms with Gasteiger partial charge in [-0.1, -0.05) is 39.0 Å². The SMILES string of the molecule is CC(C)(C)C(CN1CCc2ccccc2S1(=O)=O)NC(=O)NCC(=O)N1CCCC12CC2=O. The molecule has 1 spiro atoms. The van der Waals surface area contributed by atoms with Gasteiger partial charge in [-0.05, 0) is 36.3 Å². The second-order valence-corrected chi connectivity index (χ2v) is 12.2. The van der Waals surface area contributed by atoms with E-state index in [1.165, 1.54) is 4.31 Å². The van der Waals surface area contributed by atoms with Gasteiger partial charge < -0.3 is 15.5 Å². The van der Waals surface area contributed by atoms with Crippen LogP contribution in [0.15, 0.2) is 29.2 Å². The number of carbonyl (C=O) groups excluding carboxylic acids is 3. The lowest BCUT2D eigenvalue weighted by Crippen LogP contribution is -2.56. The lowest BCUT2D eigenvalue weighted by Gasteiger charge is -2.37. The van der Waals surface area contributed by atoms with Gasteiger partial charge in [0.15, 0.2) is 5.78 Å². The van der Waals surface area contributed by atoms with Gasteiger partial charge in [-0.15, -0.1) is 0 Å². The standard InChI is InChI=1S/C23H32N4O5S/c1-22(2,3)18(15-26-12-9-16-7-4-5-8-17(16)33(26,31)32)25-21(30)24-14-20(29)27-11-6-10-23(27)13-19(23)28/h4-5,7-8,18H,6,9-15H2,1-3H3,(H2,24,25,30). The second kappa shape index (κ2) is 8.39. The molecule has 2 atom stereocenters. The number of amides is 3. The number of hydrogen-bond acceptors (Lipinski definition) is 5. The monoisotopic (exact) mass is 476 g/mol. The Bertz CT molecular complexity index is 1080. The summed E-state index contributed by atoms with van der Waals surface area (Å²) < 4.78 is 27.7. The number of nitrogens with zero attached hydrogens (tertiary/aromatic N) is 2. The summed E-state index contributed by atoms with van der Waals surface area (Å²) in [6.07, 6.45) is 2.51. The Morgan fingerprint density at radius 2 is 1.88 bits per heavy atom. The van der Waals surface area contributed by atoms with Gasteiger partial charge in [0.05, 0.1) is 11.4 Å². The van der Waals surface area contributed by atoms with E-state index in [9.17, 15) is 22.8 Å². The fraction of sp³-hybridized carbons (Fsp3) is 0.609. The molecule has 3 aliphatic rings. The quantitative estimate of drug-likeness (QED) is 0.664. The van der Waals surface area contributed by atoms with Crippen molar-refractivity contribution in [3.05, 3.63) is 29.8 Å². The van der Waals surface area contributed by atoms with E-state index in [2.05, 4.69) is 10.6 Å². The summed E-state index contributed by atoms with van der Waals surface area (Å²) in [6.45, 7) is 6.60. The van der Waals surface area contributed by atoms with Crippen LogP contribution in [0.2, 0.25) is 0 Å². The summed E-state index contributed by atoms with van der Waals surface area (Å²) in [7, 11) is -3.65. The maximum atomic E-state index is 13.1. The number of rotatable bonds is 5. The number of carbonyl (C=O) groups is 3. The Balaban J connectivity index is 1.38. The molecule has 4 rings (SSSR count). The van der Waals surface area contributed by atoms with Gasteiger partial charge in [0, 0.05) is 32.1 Å². The minimum Gasteiger partial charge on any atom is -0.334 e. The van der Waals surface area contributed by atoms with Crippen molar-refractivity contribution in [3.8, 4) is 0 Å². The normalized spacial score (nSPS) is 24.9. The first-order valence-corrected chi connectivity index (χ1v) is 12.9. The van der Waals surface area contributed by atoms with E-state index in [-0.39, 0.29) is 24.8 Å². The van der Waals surface area contributed by atoms with Crippen LogP contribution in [0.5, 0.6) is 0 Å². The number of hydrogen-bond donors (Lipinski definition) is 2. The molecule has 1 aromatic rings. The maximum absolute atomic E-state index is 13.1. The molecule has 2 fully saturated rings. The average molecular weight is 477 g/mol. The smallest absolute Gasteiger partial charge is 0.315 e. The van der Waals surface area contributed by atoms with E-state index < -0.39 is 33.1 Å². The third-order valence-electron chi connectivity index (χ3n) is 6.99. The molecule has 1 saturated heterocycles. The Morgan fingerprint density at radius 3 is 2.55 bits per heavy atom. The average Bonchev–Trinajstić information content (AvgIpc) is 3.18. The van der Waals surface area contributed by atoms with Crippen molar-refractivity contribution in [3.63, 3.8) is 0 Å². The summed E-state index contributed by atoms with van der Waals surface area (Å²) >= 11 is 0. The maximum Gasteiger partial charge on any atom is 0.315 e. The van der Waals surface area contributed by atoms with Crippen molar-refractivity contribution in [2.24, 2.45) is 5.41 Å². The van der Waals surface area contributed by atoms with Crippen LogP contribution in [-0.4, -0.2) is 73.1 Å². The van der Waals surface area contributed by atoms with Crippen LogP contribution in [0, 0.1) is 5.41 Å². The molecule has 10 heteroatoms. The first-order valence-electron chi connectivity index (χ1n) is 11.4. The third-order valence-corrected chi connectivity index (χ3v) is 8.96. The number of sulfonamides is 1.